The van der Waals surface area contributed by atoms with Crippen LogP contribution < -0.4 is 5.73 Å². The van der Waals surface area contributed by atoms with E-state index >= 15 is 0 Å². The van der Waals surface area contributed by atoms with Crippen LogP contribution >= 0.6 is 0 Å². The summed E-state index contributed by atoms with van der Waals surface area (Å²) in [6.07, 6.45) is 2.09. The third-order valence-corrected chi connectivity index (χ3v) is 2.52. The van der Waals surface area contributed by atoms with E-state index in [0.717, 1.165) is 6.54 Å². The molecular weight excluding hydrogens is 184 g/mol. The zero-order valence-corrected chi connectivity index (χ0v) is 8.83. The summed E-state index contributed by atoms with van der Waals surface area (Å²) in [6.45, 7) is 3.17. The summed E-state index contributed by atoms with van der Waals surface area (Å²) < 4.78 is 2.15. The number of nitrogens with zero attached hydrogens (tertiary/aromatic N) is 1. The molecule has 0 aliphatic heterocycles. The molecule has 0 spiro atoms. The van der Waals surface area contributed by atoms with Crippen LogP contribution in [0.25, 0.3) is 10.9 Å². The maximum absolute atomic E-state index is 5.71. The number of hydrogen-bond acceptors (Lipinski definition) is 1. The van der Waals surface area contributed by atoms with Crippen LogP contribution in [0.5, 0.6) is 0 Å². The Labute approximate surface area is 89.7 Å². The van der Waals surface area contributed by atoms with Gasteiger partial charge in [-0.15, -0.1) is 5.92 Å². The van der Waals surface area contributed by atoms with Crippen molar-refractivity contribution >= 4 is 10.9 Å². The van der Waals surface area contributed by atoms with E-state index in [1.54, 1.807) is 0 Å². The molecule has 0 saturated heterocycles. The van der Waals surface area contributed by atoms with Crippen molar-refractivity contribution in [2.24, 2.45) is 5.73 Å². The van der Waals surface area contributed by atoms with E-state index in [2.05, 4.69) is 34.7 Å². The van der Waals surface area contributed by atoms with Crippen molar-refractivity contribution in [2.75, 3.05) is 0 Å². The van der Waals surface area contributed by atoms with E-state index in [1.807, 2.05) is 19.1 Å². The lowest BCUT2D eigenvalue weighted by Crippen LogP contribution is -1.95. The normalized spacial score (nSPS) is 10.0. The average Bonchev–Trinajstić information content (AvgIpc) is 2.65. The van der Waals surface area contributed by atoms with Crippen LogP contribution in [0.4, 0.5) is 0 Å². The molecule has 0 saturated carbocycles. The second kappa shape index (κ2) is 4.20. The van der Waals surface area contributed by atoms with Gasteiger partial charge in [0.2, 0.25) is 0 Å². The maximum Gasteiger partial charge on any atom is 0.0837 e. The maximum atomic E-state index is 5.71. The molecule has 2 rings (SSSR count). The van der Waals surface area contributed by atoms with Gasteiger partial charge in [-0.3, -0.25) is 0 Å². The summed E-state index contributed by atoms with van der Waals surface area (Å²) in [5, 5.41) is 1.23. The highest BCUT2D eigenvalue weighted by molar-refractivity contribution is 5.84. The fourth-order valence-electron chi connectivity index (χ4n) is 1.78. The van der Waals surface area contributed by atoms with Crippen molar-refractivity contribution in [3.8, 4) is 11.8 Å². The molecule has 0 aliphatic rings. The highest BCUT2D eigenvalue weighted by atomic mass is 14.9. The minimum Gasteiger partial charge on any atom is -0.335 e. The summed E-state index contributed by atoms with van der Waals surface area (Å²) in [6, 6.07) is 8.29. The molecule has 76 valence electrons. The molecule has 1 aromatic heterocycles. The van der Waals surface area contributed by atoms with Gasteiger partial charge in [0.05, 0.1) is 6.54 Å². The highest BCUT2D eigenvalue weighted by Crippen LogP contribution is 2.20. The summed E-state index contributed by atoms with van der Waals surface area (Å²) in [5.74, 6) is 5.97. The fraction of sp³-hybridized carbons (Fsp3) is 0.231. The number of rotatable bonds is 2. The third kappa shape index (κ3) is 1.74. The second-order valence-electron chi connectivity index (χ2n) is 3.43. The van der Waals surface area contributed by atoms with Crippen LogP contribution in [0, 0.1) is 11.8 Å². The predicted octanol–water partition coefficient (Wildman–Crippen LogP) is 2.12. The summed E-state index contributed by atoms with van der Waals surface area (Å²) in [7, 11) is 0. The van der Waals surface area contributed by atoms with Crippen molar-refractivity contribution in [2.45, 2.75) is 20.0 Å². The van der Waals surface area contributed by atoms with Crippen LogP contribution in [0.15, 0.2) is 30.5 Å². The monoisotopic (exact) mass is 198 g/mol. The van der Waals surface area contributed by atoms with Crippen molar-refractivity contribution in [3.63, 3.8) is 0 Å². The van der Waals surface area contributed by atoms with Crippen LogP contribution in [0.2, 0.25) is 0 Å². The summed E-state index contributed by atoms with van der Waals surface area (Å²) in [4.78, 5) is 0. The Morgan fingerprint density at radius 2 is 2.13 bits per heavy atom. The van der Waals surface area contributed by atoms with E-state index in [4.69, 9.17) is 5.73 Å². The van der Waals surface area contributed by atoms with Gasteiger partial charge in [-0.25, -0.2) is 0 Å². The van der Waals surface area contributed by atoms with E-state index in [0.29, 0.717) is 6.54 Å². The number of fused-ring (bicyclic) bond motifs is 1. The van der Waals surface area contributed by atoms with E-state index in [-0.39, 0.29) is 0 Å². The lowest BCUT2D eigenvalue weighted by Gasteiger charge is -1.97. The largest absolute Gasteiger partial charge is 0.335 e. The van der Waals surface area contributed by atoms with Gasteiger partial charge in [0.25, 0.3) is 0 Å². The SMILES string of the molecule is CC#CCn1cc(CN)c2ccccc21. The highest BCUT2D eigenvalue weighted by Gasteiger charge is 2.04. The number of aromatic nitrogens is 1. The van der Waals surface area contributed by atoms with Crippen LogP contribution in [-0.2, 0) is 13.1 Å². The Balaban J connectivity index is 2.57. The van der Waals surface area contributed by atoms with Gasteiger partial charge in [0.15, 0.2) is 0 Å². The molecule has 2 N–H and O–H groups in total. The summed E-state index contributed by atoms with van der Waals surface area (Å²) in [5.41, 5.74) is 8.10. The molecule has 0 bridgehead atoms. The fourth-order valence-corrected chi connectivity index (χ4v) is 1.78. The average molecular weight is 198 g/mol. The molecule has 1 heterocycles. The molecule has 0 unspecified atom stereocenters. The molecule has 0 atom stereocenters. The Morgan fingerprint density at radius 3 is 2.87 bits per heavy atom. The van der Waals surface area contributed by atoms with E-state index in [1.165, 1.54) is 16.5 Å². The van der Waals surface area contributed by atoms with Gasteiger partial charge in [0.1, 0.15) is 0 Å². The standard InChI is InChI=1S/C13H14N2/c1-2-3-8-15-10-11(9-14)12-6-4-5-7-13(12)15/h4-7,10H,8-9,14H2,1H3. The molecule has 0 aliphatic carbocycles. The predicted molar refractivity (Wildman–Crippen MR) is 63.3 cm³/mol. The van der Waals surface area contributed by atoms with E-state index in [9.17, 15) is 0 Å². The molecular formula is C13H14N2. The first-order valence-electron chi connectivity index (χ1n) is 5.03. The third-order valence-electron chi connectivity index (χ3n) is 2.52. The number of nitrogens with two attached hydrogens (primary N) is 1. The van der Waals surface area contributed by atoms with Gasteiger partial charge in [-0.2, -0.15) is 0 Å². The molecule has 1 aromatic carbocycles. The number of hydrogen-bond donors (Lipinski definition) is 1. The lowest BCUT2D eigenvalue weighted by molar-refractivity contribution is 0.875. The molecule has 2 nitrogen and oxygen atoms in total. The zero-order chi connectivity index (χ0) is 10.7. The minimum atomic E-state index is 0.576. The van der Waals surface area contributed by atoms with Gasteiger partial charge < -0.3 is 10.3 Å². The minimum absolute atomic E-state index is 0.576. The van der Waals surface area contributed by atoms with Crippen LogP contribution in [-0.4, -0.2) is 4.57 Å². The van der Waals surface area contributed by atoms with Crippen molar-refractivity contribution in [1.29, 1.82) is 0 Å². The topological polar surface area (TPSA) is 30.9 Å². The van der Waals surface area contributed by atoms with Crippen LogP contribution in [0.3, 0.4) is 0 Å². The molecule has 0 radical (unpaired) electrons. The van der Waals surface area contributed by atoms with Crippen molar-refractivity contribution < 1.29 is 0 Å². The Kier molecular flexibility index (Phi) is 2.75. The Bertz CT molecular complexity index is 526. The molecule has 2 aromatic rings. The van der Waals surface area contributed by atoms with Gasteiger partial charge in [-0.05, 0) is 18.6 Å². The Hall–Kier alpha value is -1.72. The molecule has 0 fully saturated rings. The van der Waals surface area contributed by atoms with Crippen molar-refractivity contribution in [1.82, 2.24) is 4.57 Å². The molecule has 15 heavy (non-hydrogen) atoms. The molecule has 2 heteroatoms. The first-order chi connectivity index (χ1) is 7.36. The van der Waals surface area contributed by atoms with E-state index < -0.39 is 0 Å². The first-order valence-corrected chi connectivity index (χ1v) is 5.03. The quantitative estimate of drug-likeness (QED) is 0.736. The van der Waals surface area contributed by atoms with Crippen molar-refractivity contribution in [3.05, 3.63) is 36.0 Å². The first kappa shape index (κ1) is 9.82. The van der Waals surface area contributed by atoms with Crippen LogP contribution in [0.1, 0.15) is 12.5 Å². The second-order valence-corrected chi connectivity index (χ2v) is 3.43. The number of para-hydroxylation sites is 1. The van der Waals surface area contributed by atoms with Gasteiger partial charge in [0, 0.05) is 23.6 Å². The summed E-state index contributed by atoms with van der Waals surface area (Å²) >= 11 is 0. The molecule has 0 amide bonds. The number of benzene rings is 1. The van der Waals surface area contributed by atoms with Gasteiger partial charge in [-0.1, -0.05) is 24.1 Å². The zero-order valence-electron chi connectivity index (χ0n) is 8.83. The Morgan fingerprint density at radius 1 is 1.33 bits per heavy atom. The van der Waals surface area contributed by atoms with Gasteiger partial charge >= 0.3 is 0 Å². The smallest absolute Gasteiger partial charge is 0.0837 e. The lowest BCUT2D eigenvalue weighted by atomic mass is 10.2.